The van der Waals surface area contributed by atoms with Gasteiger partial charge in [-0.25, -0.2) is 4.39 Å². The molecule has 0 fully saturated rings. The van der Waals surface area contributed by atoms with Crippen molar-refractivity contribution in [3.63, 3.8) is 0 Å². The molecule has 2 aromatic carbocycles. The maximum atomic E-state index is 13.0. The van der Waals surface area contributed by atoms with Crippen LogP contribution in [0.15, 0.2) is 47.3 Å². The molecule has 0 aliphatic rings. The van der Waals surface area contributed by atoms with E-state index in [4.69, 9.17) is 0 Å². The van der Waals surface area contributed by atoms with Crippen LogP contribution in [0.2, 0.25) is 0 Å². The molecule has 0 bridgehead atoms. The maximum Gasteiger partial charge on any atom is 0.189 e. The van der Waals surface area contributed by atoms with Crippen LogP contribution in [0.1, 0.15) is 22.4 Å². The van der Waals surface area contributed by atoms with E-state index in [1.807, 2.05) is 27.0 Å². The van der Waals surface area contributed by atoms with Crippen LogP contribution in [0.25, 0.3) is 10.9 Å². The van der Waals surface area contributed by atoms with Gasteiger partial charge in [-0.05, 0) is 55.8 Å². The van der Waals surface area contributed by atoms with Crippen molar-refractivity contribution in [3.05, 3.63) is 80.9 Å². The van der Waals surface area contributed by atoms with Gasteiger partial charge in [0.2, 0.25) is 0 Å². The van der Waals surface area contributed by atoms with Gasteiger partial charge < -0.3 is 4.98 Å². The van der Waals surface area contributed by atoms with Gasteiger partial charge in [0.15, 0.2) is 5.43 Å². The molecule has 0 atom stereocenters. The molecule has 3 nitrogen and oxygen atoms in total. The van der Waals surface area contributed by atoms with E-state index < -0.39 is 0 Å². The van der Waals surface area contributed by atoms with Crippen molar-refractivity contribution in [2.24, 2.45) is 0 Å². The number of aromatic nitrogens is 1. The normalized spacial score (nSPS) is 11.4. The van der Waals surface area contributed by atoms with Gasteiger partial charge in [0, 0.05) is 30.2 Å². The van der Waals surface area contributed by atoms with Crippen LogP contribution < -0.4 is 5.43 Å². The molecule has 124 valence electrons. The molecule has 3 rings (SSSR count). The summed E-state index contributed by atoms with van der Waals surface area (Å²) in [5.41, 5.74) is 5.02. The van der Waals surface area contributed by atoms with Crippen molar-refractivity contribution in [3.8, 4) is 0 Å². The molecule has 0 saturated carbocycles. The van der Waals surface area contributed by atoms with Crippen molar-refractivity contribution in [2.75, 3.05) is 7.05 Å². The van der Waals surface area contributed by atoms with Gasteiger partial charge in [-0.2, -0.15) is 0 Å². The Morgan fingerprint density at radius 2 is 1.75 bits per heavy atom. The predicted octanol–water partition coefficient (Wildman–Crippen LogP) is 3.92. The molecule has 0 unspecified atom stereocenters. The molecule has 4 heteroatoms. The van der Waals surface area contributed by atoms with Gasteiger partial charge in [-0.15, -0.1) is 0 Å². The molecule has 3 aromatic rings. The minimum absolute atomic E-state index is 0.0423. The Morgan fingerprint density at radius 3 is 2.46 bits per heavy atom. The summed E-state index contributed by atoms with van der Waals surface area (Å²) >= 11 is 0. The van der Waals surface area contributed by atoms with E-state index >= 15 is 0 Å². The van der Waals surface area contributed by atoms with E-state index in [0.29, 0.717) is 13.1 Å². The number of H-pyrrole nitrogens is 1. The van der Waals surface area contributed by atoms with Gasteiger partial charge in [-0.3, -0.25) is 9.69 Å². The molecule has 0 saturated heterocycles. The van der Waals surface area contributed by atoms with Crippen molar-refractivity contribution < 1.29 is 4.39 Å². The van der Waals surface area contributed by atoms with Crippen LogP contribution in [0.4, 0.5) is 4.39 Å². The Labute approximate surface area is 140 Å². The van der Waals surface area contributed by atoms with Gasteiger partial charge in [-0.1, -0.05) is 18.2 Å². The third kappa shape index (κ3) is 3.54. The number of aromatic amines is 1. The summed E-state index contributed by atoms with van der Waals surface area (Å²) in [5, 5.41) is 0.734. The molecule has 1 aromatic heterocycles. The number of nitrogens with one attached hydrogen (secondary N) is 1. The predicted molar refractivity (Wildman–Crippen MR) is 95.6 cm³/mol. The third-order valence-corrected chi connectivity index (χ3v) is 4.14. The molecule has 24 heavy (non-hydrogen) atoms. The SMILES string of the molecule is Cc1cc(C)c2[nH]c(CN(C)Cc3ccc(F)cc3)cc(=O)c2c1. The lowest BCUT2D eigenvalue weighted by Gasteiger charge is -2.17. The highest BCUT2D eigenvalue weighted by molar-refractivity contribution is 5.82. The standard InChI is InChI=1S/C20H21FN2O/c1-13-8-14(2)20-18(9-13)19(24)10-17(22-20)12-23(3)11-15-4-6-16(21)7-5-15/h4-10H,11-12H2,1-3H3,(H,22,24). The molecule has 1 N–H and O–H groups in total. The summed E-state index contributed by atoms with van der Waals surface area (Å²) in [6.45, 7) is 5.32. The molecule has 0 spiro atoms. The van der Waals surface area contributed by atoms with E-state index in [2.05, 4.69) is 16.0 Å². The summed E-state index contributed by atoms with van der Waals surface area (Å²) in [6.07, 6.45) is 0. The van der Waals surface area contributed by atoms with Crippen molar-refractivity contribution in [1.82, 2.24) is 9.88 Å². The number of rotatable bonds is 4. The van der Waals surface area contributed by atoms with Crippen LogP contribution in [-0.2, 0) is 13.1 Å². The Kier molecular flexibility index (Phi) is 4.49. The zero-order valence-electron chi connectivity index (χ0n) is 14.2. The average Bonchev–Trinajstić information content (AvgIpc) is 2.51. The smallest absolute Gasteiger partial charge is 0.189 e. The number of nitrogens with zero attached hydrogens (tertiary/aromatic N) is 1. The zero-order chi connectivity index (χ0) is 17.3. The highest BCUT2D eigenvalue weighted by Gasteiger charge is 2.08. The first kappa shape index (κ1) is 16.4. The molecule has 0 aliphatic carbocycles. The Bertz CT molecular complexity index is 929. The fourth-order valence-corrected chi connectivity index (χ4v) is 3.09. The second-order valence-electron chi connectivity index (χ2n) is 6.46. The van der Waals surface area contributed by atoms with Crippen LogP contribution in [-0.4, -0.2) is 16.9 Å². The lowest BCUT2D eigenvalue weighted by molar-refractivity contribution is 0.315. The number of aryl methyl sites for hydroxylation is 2. The lowest BCUT2D eigenvalue weighted by atomic mass is 10.1. The number of fused-ring (bicyclic) bond motifs is 1. The molecule has 1 heterocycles. The molecule has 0 radical (unpaired) electrons. The zero-order valence-corrected chi connectivity index (χ0v) is 14.2. The highest BCUT2D eigenvalue weighted by Crippen LogP contribution is 2.17. The molecular weight excluding hydrogens is 303 g/mol. The van der Waals surface area contributed by atoms with Gasteiger partial charge in [0.05, 0.1) is 5.52 Å². The molecule has 0 amide bonds. The van der Waals surface area contributed by atoms with E-state index in [9.17, 15) is 9.18 Å². The van der Waals surface area contributed by atoms with Gasteiger partial charge >= 0.3 is 0 Å². The first-order chi connectivity index (χ1) is 11.4. The van der Waals surface area contributed by atoms with E-state index in [1.165, 1.54) is 12.1 Å². The van der Waals surface area contributed by atoms with E-state index in [1.54, 1.807) is 18.2 Å². The van der Waals surface area contributed by atoms with E-state index in [0.717, 1.165) is 33.3 Å². The van der Waals surface area contributed by atoms with Crippen LogP contribution in [0.5, 0.6) is 0 Å². The van der Waals surface area contributed by atoms with Crippen molar-refractivity contribution >= 4 is 10.9 Å². The number of halogens is 1. The minimum atomic E-state index is -0.231. The largest absolute Gasteiger partial charge is 0.357 e. The monoisotopic (exact) mass is 324 g/mol. The first-order valence-corrected chi connectivity index (χ1v) is 7.98. The summed E-state index contributed by atoms with van der Waals surface area (Å²) in [7, 11) is 1.98. The number of hydrogen-bond donors (Lipinski definition) is 1. The maximum absolute atomic E-state index is 13.0. The highest BCUT2D eigenvalue weighted by atomic mass is 19.1. The van der Waals surface area contributed by atoms with E-state index in [-0.39, 0.29) is 11.2 Å². The number of pyridine rings is 1. The summed E-state index contributed by atoms with van der Waals surface area (Å²) in [5.74, 6) is -0.231. The molecular formula is C20H21FN2O. The van der Waals surface area contributed by atoms with Crippen LogP contribution >= 0.6 is 0 Å². The summed E-state index contributed by atoms with van der Waals surface area (Å²) in [6, 6.07) is 12.2. The number of hydrogen-bond acceptors (Lipinski definition) is 2. The minimum Gasteiger partial charge on any atom is -0.357 e. The fraction of sp³-hybridized carbons (Fsp3) is 0.250. The van der Waals surface area contributed by atoms with Crippen LogP contribution in [0, 0.1) is 19.7 Å². The second-order valence-corrected chi connectivity index (χ2v) is 6.46. The average molecular weight is 324 g/mol. The van der Waals surface area contributed by atoms with Gasteiger partial charge in [0.25, 0.3) is 0 Å². The quantitative estimate of drug-likeness (QED) is 0.790. The van der Waals surface area contributed by atoms with Crippen molar-refractivity contribution in [2.45, 2.75) is 26.9 Å². The van der Waals surface area contributed by atoms with Crippen molar-refractivity contribution in [1.29, 1.82) is 0 Å². The Hall–Kier alpha value is -2.46. The van der Waals surface area contributed by atoms with Crippen LogP contribution in [0.3, 0.4) is 0 Å². The Balaban J connectivity index is 1.84. The topological polar surface area (TPSA) is 36.1 Å². The fourth-order valence-electron chi connectivity index (χ4n) is 3.09. The van der Waals surface area contributed by atoms with Gasteiger partial charge in [0.1, 0.15) is 5.82 Å². The first-order valence-electron chi connectivity index (χ1n) is 7.98. The Morgan fingerprint density at radius 1 is 1.04 bits per heavy atom. The summed E-state index contributed by atoms with van der Waals surface area (Å²) in [4.78, 5) is 17.9. The lowest BCUT2D eigenvalue weighted by Crippen LogP contribution is -2.19. The third-order valence-electron chi connectivity index (χ3n) is 4.14. The summed E-state index contributed by atoms with van der Waals surface area (Å²) < 4.78 is 13.0. The second kappa shape index (κ2) is 6.57. The molecule has 0 aliphatic heterocycles. The number of benzene rings is 2.